The van der Waals surface area contributed by atoms with Crippen LogP contribution in [-0.2, 0) is 4.74 Å². The maximum Gasteiger partial charge on any atom is 0.410 e. The van der Waals surface area contributed by atoms with E-state index in [9.17, 15) is 4.79 Å². The molecule has 2 rings (SSSR count). The van der Waals surface area contributed by atoms with E-state index >= 15 is 0 Å². The number of carbonyl (C=O) groups excluding carboxylic acids is 1. The van der Waals surface area contributed by atoms with E-state index in [1.165, 1.54) is 0 Å². The molecular formula is C17H24BrClN2O2. The van der Waals surface area contributed by atoms with Crippen LogP contribution in [0.5, 0.6) is 0 Å². The molecule has 1 fully saturated rings. The van der Waals surface area contributed by atoms with Crippen LogP contribution in [0.25, 0.3) is 0 Å². The molecule has 1 atom stereocenters. The molecular weight excluding hydrogens is 380 g/mol. The number of rotatable bonds is 3. The molecule has 1 unspecified atom stereocenters. The van der Waals surface area contributed by atoms with Gasteiger partial charge in [0.1, 0.15) is 5.60 Å². The monoisotopic (exact) mass is 402 g/mol. The summed E-state index contributed by atoms with van der Waals surface area (Å²) < 4.78 is 6.40. The molecule has 1 heterocycles. The van der Waals surface area contributed by atoms with E-state index in [1.807, 2.05) is 43.9 Å². The molecule has 0 aromatic heterocycles. The Morgan fingerprint density at radius 2 is 2.17 bits per heavy atom. The Labute approximate surface area is 151 Å². The minimum absolute atomic E-state index is 0.140. The predicted molar refractivity (Wildman–Crippen MR) is 98.2 cm³/mol. The van der Waals surface area contributed by atoms with Crippen molar-refractivity contribution in [1.82, 2.24) is 4.90 Å². The fourth-order valence-corrected chi connectivity index (χ4v) is 3.04. The van der Waals surface area contributed by atoms with Crippen LogP contribution in [0, 0.1) is 0 Å². The number of amides is 1. The molecule has 0 spiro atoms. The lowest BCUT2D eigenvalue weighted by Gasteiger charge is -2.37. The van der Waals surface area contributed by atoms with E-state index in [1.54, 1.807) is 0 Å². The van der Waals surface area contributed by atoms with E-state index in [0.717, 1.165) is 36.0 Å². The van der Waals surface area contributed by atoms with Crippen molar-refractivity contribution in [3.63, 3.8) is 0 Å². The van der Waals surface area contributed by atoms with E-state index in [2.05, 4.69) is 21.2 Å². The molecule has 6 heteroatoms. The Morgan fingerprint density at radius 3 is 2.83 bits per heavy atom. The van der Waals surface area contributed by atoms with E-state index in [-0.39, 0.29) is 12.1 Å². The summed E-state index contributed by atoms with van der Waals surface area (Å²) in [5.74, 6) is 0. The average molecular weight is 404 g/mol. The molecule has 1 aliphatic heterocycles. The first-order valence-corrected chi connectivity index (χ1v) is 9.12. The first-order chi connectivity index (χ1) is 10.8. The van der Waals surface area contributed by atoms with Crippen molar-refractivity contribution in [2.24, 2.45) is 0 Å². The van der Waals surface area contributed by atoms with Gasteiger partial charge in [-0.3, -0.25) is 0 Å². The molecule has 128 valence electrons. The molecule has 0 bridgehead atoms. The summed E-state index contributed by atoms with van der Waals surface area (Å²) in [7, 11) is 0. The number of nitrogens with zero attached hydrogens (tertiary/aromatic N) is 1. The van der Waals surface area contributed by atoms with E-state index < -0.39 is 5.60 Å². The topological polar surface area (TPSA) is 41.6 Å². The Bertz CT molecular complexity index is 560. The summed E-state index contributed by atoms with van der Waals surface area (Å²) in [6, 6.07) is 5.90. The van der Waals surface area contributed by atoms with Gasteiger partial charge in [-0.2, -0.15) is 0 Å². The normalized spacial score (nSPS) is 18.7. The number of ether oxygens (including phenoxy) is 1. The largest absolute Gasteiger partial charge is 0.444 e. The van der Waals surface area contributed by atoms with Gasteiger partial charge < -0.3 is 15.0 Å². The third-order valence-electron chi connectivity index (χ3n) is 3.72. The van der Waals surface area contributed by atoms with Gasteiger partial charge in [0.05, 0.1) is 11.1 Å². The quantitative estimate of drug-likeness (QED) is 0.744. The second-order valence-corrected chi connectivity index (χ2v) is 8.09. The molecule has 1 aromatic carbocycles. The van der Waals surface area contributed by atoms with Crippen molar-refractivity contribution in [3.8, 4) is 0 Å². The molecule has 1 aromatic rings. The van der Waals surface area contributed by atoms with Gasteiger partial charge in [0, 0.05) is 23.2 Å². The first kappa shape index (κ1) is 18.4. The van der Waals surface area contributed by atoms with Gasteiger partial charge in [0.2, 0.25) is 0 Å². The second kappa shape index (κ2) is 7.75. The number of anilines is 1. The fraction of sp³-hybridized carbons (Fsp3) is 0.588. The average Bonchev–Trinajstić information content (AvgIpc) is 2.47. The lowest BCUT2D eigenvalue weighted by Crippen LogP contribution is -2.48. The van der Waals surface area contributed by atoms with Crippen molar-refractivity contribution in [2.45, 2.75) is 51.7 Å². The van der Waals surface area contributed by atoms with Gasteiger partial charge >= 0.3 is 6.09 Å². The zero-order valence-corrected chi connectivity index (χ0v) is 16.2. The summed E-state index contributed by atoms with van der Waals surface area (Å²) in [6.07, 6.45) is 2.92. The molecule has 0 radical (unpaired) electrons. The zero-order chi connectivity index (χ0) is 17.0. The number of hydrogen-bond donors (Lipinski definition) is 1. The summed E-state index contributed by atoms with van der Waals surface area (Å²) >= 11 is 9.50. The van der Waals surface area contributed by atoms with Gasteiger partial charge in [0.15, 0.2) is 0 Å². The van der Waals surface area contributed by atoms with Crippen LogP contribution in [0.1, 0.15) is 40.0 Å². The maximum atomic E-state index is 12.4. The van der Waals surface area contributed by atoms with Crippen molar-refractivity contribution in [3.05, 3.63) is 27.7 Å². The highest BCUT2D eigenvalue weighted by Crippen LogP contribution is 2.26. The molecule has 23 heavy (non-hydrogen) atoms. The van der Waals surface area contributed by atoms with Crippen LogP contribution >= 0.6 is 27.5 Å². The minimum atomic E-state index is -0.467. The SMILES string of the molecule is CC(C)(C)OC(=O)N1CCCCC1CNc1ccc(Br)c(Cl)c1. The lowest BCUT2D eigenvalue weighted by molar-refractivity contribution is 0.0114. The van der Waals surface area contributed by atoms with Crippen molar-refractivity contribution < 1.29 is 9.53 Å². The summed E-state index contributed by atoms with van der Waals surface area (Å²) in [5, 5.41) is 4.04. The number of benzene rings is 1. The van der Waals surface area contributed by atoms with Crippen LogP contribution in [0.4, 0.5) is 10.5 Å². The van der Waals surface area contributed by atoms with Crippen molar-refractivity contribution in [2.75, 3.05) is 18.4 Å². The highest BCUT2D eigenvalue weighted by Gasteiger charge is 2.30. The number of likely N-dealkylation sites (tertiary alicyclic amines) is 1. The third-order valence-corrected chi connectivity index (χ3v) is 4.95. The summed E-state index contributed by atoms with van der Waals surface area (Å²) in [6.45, 7) is 7.13. The highest BCUT2D eigenvalue weighted by molar-refractivity contribution is 9.10. The Balaban J connectivity index is 1.98. The fourth-order valence-electron chi connectivity index (χ4n) is 2.62. The van der Waals surface area contributed by atoms with Gasteiger partial charge in [-0.25, -0.2) is 4.79 Å². The standard InChI is InChI=1S/C17H24BrClN2O2/c1-17(2,3)23-16(22)21-9-5-4-6-13(21)11-20-12-7-8-14(18)15(19)10-12/h7-8,10,13,20H,4-6,9,11H2,1-3H3. The highest BCUT2D eigenvalue weighted by atomic mass is 79.9. The molecule has 0 aliphatic carbocycles. The van der Waals surface area contributed by atoms with Crippen molar-refractivity contribution >= 4 is 39.3 Å². The summed E-state index contributed by atoms with van der Waals surface area (Å²) in [5.41, 5.74) is 0.485. The molecule has 1 N–H and O–H groups in total. The molecule has 4 nitrogen and oxygen atoms in total. The molecule has 1 aliphatic rings. The van der Waals surface area contributed by atoms with Crippen LogP contribution < -0.4 is 5.32 Å². The van der Waals surface area contributed by atoms with Crippen molar-refractivity contribution in [1.29, 1.82) is 0 Å². The third kappa shape index (κ3) is 5.57. The molecule has 0 saturated carbocycles. The number of hydrogen-bond acceptors (Lipinski definition) is 3. The second-order valence-electron chi connectivity index (χ2n) is 6.83. The van der Waals surface area contributed by atoms with E-state index in [4.69, 9.17) is 16.3 Å². The number of halogens is 2. The van der Waals surface area contributed by atoms with Crippen LogP contribution in [0.2, 0.25) is 5.02 Å². The minimum Gasteiger partial charge on any atom is -0.444 e. The smallest absolute Gasteiger partial charge is 0.410 e. The van der Waals surface area contributed by atoms with Gasteiger partial charge in [0.25, 0.3) is 0 Å². The zero-order valence-electron chi connectivity index (χ0n) is 13.9. The molecule has 1 saturated heterocycles. The Hall–Kier alpha value is -0.940. The molecule has 1 amide bonds. The van der Waals surface area contributed by atoms with Gasteiger partial charge in [-0.15, -0.1) is 0 Å². The summed E-state index contributed by atoms with van der Waals surface area (Å²) in [4.78, 5) is 14.2. The number of nitrogens with one attached hydrogen (secondary N) is 1. The van der Waals surface area contributed by atoms with Crippen LogP contribution in [0.3, 0.4) is 0 Å². The van der Waals surface area contributed by atoms with Crippen LogP contribution in [-0.4, -0.2) is 35.7 Å². The first-order valence-electron chi connectivity index (χ1n) is 7.95. The van der Waals surface area contributed by atoms with Crippen LogP contribution in [0.15, 0.2) is 22.7 Å². The Kier molecular flexibility index (Phi) is 6.20. The predicted octanol–water partition coefficient (Wildman–Crippen LogP) is 5.30. The Morgan fingerprint density at radius 1 is 1.43 bits per heavy atom. The van der Waals surface area contributed by atoms with Gasteiger partial charge in [-0.05, 0) is 74.2 Å². The van der Waals surface area contributed by atoms with Gasteiger partial charge in [-0.1, -0.05) is 11.6 Å². The number of piperidine rings is 1. The maximum absolute atomic E-state index is 12.4. The van der Waals surface area contributed by atoms with E-state index in [0.29, 0.717) is 11.6 Å². The number of carbonyl (C=O) groups is 1. The lowest BCUT2D eigenvalue weighted by atomic mass is 10.0.